The van der Waals surface area contributed by atoms with Crippen LogP contribution in [-0.2, 0) is 20.4 Å². The third kappa shape index (κ3) is 3.80. The molecule has 5 heteroatoms. The summed E-state index contributed by atoms with van der Waals surface area (Å²) < 4.78 is 24.5. The monoisotopic (exact) mass is 284 g/mol. The van der Waals surface area contributed by atoms with Crippen LogP contribution in [0.5, 0.6) is 0 Å². The van der Waals surface area contributed by atoms with Crippen molar-refractivity contribution in [2.24, 2.45) is 5.92 Å². The lowest BCUT2D eigenvalue weighted by Crippen LogP contribution is -2.35. The van der Waals surface area contributed by atoms with Crippen molar-refractivity contribution in [2.75, 3.05) is 0 Å². The van der Waals surface area contributed by atoms with Gasteiger partial charge in [-0.3, -0.25) is 4.79 Å². The van der Waals surface area contributed by atoms with Crippen molar-refractivity contribution in [1.82, 2.24) is 0 Å². The largest absolute Gasteiger partial charge is 0.480 e. The fourth-order valence-corrected chi connectivity index (χ4v) is 4.18. The number of carbonyl (C=O) groups is 1. The molecule has 1 unspecified atom stereocenters. The zero-order valence-electron chi connectivity index (χ0n) is 11.7. The molecule has 1 aromatic rings. The number of aliphatic carboxylic acids is 1. The molecule has 0 aliphatic heterocycles. The van der Waals surface area contributed by atoms with Crippen LogP contribution in [0.15, 0.2) is 18.2 Å². The first-order valence-electron chi connectivity index (χ1n) is 6.15. The minimum absolute atomic E-state index is 0.227. The van der Waals surface area contributed by atoms with Gasteiger partial charge in [0.25, 0.3) is 0 Å². The second-order valence-electron chi connectivity index (χ2n) is 5.24. The molecular formula is C14H20O4S. The van der Waals surface area contributed by atoms with E-state index in [0.29, 0.717) is 5.56 Å². The van der Waals surface area contributed by atoms with E-state index in [1.165, 1.54) is 0 Å². The smallest absolute Gasteiger partial charge is 0.322 e. The molecule has 1 N–H and O–H groups in total. The fraction of sp³-hybridized carbons (Fsp3) is 0.500. The van der Waals surface area contributed by atoms with E-state index >= 15 is 0 Å². The van der Waals surface area contributed by atoms with Crippen molar-refractivity contribution in [3.05, 3.63) is 34.9 Å². The third-order valence-electron chi connectivity index (χ3n) is 3.10. The Kier molecular flexibility index (Phi) is 4.74. The summed E-state index contributed by atoms with van der Waals surface area (Å²) in [5, 5.41) is 7.75. The van der Waals surface area contributed by atoms with E-state index < -0.39 is 27.0 Å². The van der Waals surface area contributed by atoms with Gasteiger partial charge >= 0.3 is 5.97 Å². The molecule has 106 valence electrons. The van der Waals surface area contributed by atoms with Crippen LogP contribution in [0.2, 0.25) is 0 Å². The van der Waals surface area contributed by atoms with Crippen molar-refractivity contribution in [3.63, 3.8) is 0 Å². The van der Waals surface area contributed by atoms with Gasteiger partial charge in [-0.15, -0.1) is 0 Å². The van der Waals surface area contributed by atoms with Gasteiger partial charge in [-0.2, -0.15) is 0 Å². The standard InChI is InChI=1S/C14H20O4S/c1-9(2)13(14(15)16)19(17,18)8-12-7-10(3)5-6-11(12)4/h5-7,9,13H,8H2,1-4H3,(H,15,16). The van der Waals surface area contributed by atoms with Crippen LogP contribution in [0, 0.1) is 19.8 Å². The highest BCUT2D eigenvalue weighted by Crippen LogP contribution is 2.21. The minimum Gasteiger partial charge on any atom is -0.480 e. The van der Waals surface area contributed by atoms with Gasteiger partial charge in [0.15, 0.2) is 15.1 Å². The predicted molar refractivity (Wildman–Crippen MR) is 74.8 cm³/mol. The highest BCUT2D eigenvalue weighted by atomic mass is 32.2. The first-order valence-corrected chi connectivity index (χ1v) is 7.87. The first kappa shape index (κ1) is 15.7. The number of benzene rings is 1. The van der Waals surface area contributed by atoms with Crippen molar-refractivity contribution in [2.45, 2.75) is 38.7 Å². The number of hydrogen-bond acceptors (Lipinski definition) is 3. The lowest BCUT2D eigenvalue weighted by molar-refractivity contribution is -0.137. The van der Waals surface area contributed by atoms with Gasteiger partial charge in [0, 0.05) is 0 Å². The SMILES string of the molecule is Cc1ccc(C)c(CS(=O)(=O)C(C(=O)O)C(C)C)c1. The summed E-state index contributed by atoms with van der Waals surface area (Å²) in [4.78, 5) is 11.2. The summed E-state index contributed by atoms with van der Waals surface area (Å²) in [5.41, 5.74) is 2.50. The molecule has 0 spiro atoms. The molecule has 0 amide bonds. The van der Waals surface area contributed by atoms with E-state index in [1.54, 1.807) is 19.9 Å². The van der Waals surface area contributed by atoms with E-state index in [-0.39, 0.29) is 5.75 Å². The van der Waals surface area contributed by atoms with Gasteiger partial charge in [0.1, 0.15) is 0 Å². The highest BCUT2D eigenvalue weighted by molar-refractivity contribution is 7.92. The molecule has 0 bridgehead atoms. The maximum Gasteiger partial charge on any atom is 0.322 e. The van der Waals surface area contributed by atoms with Crippen LogP contribution >= 0.6 is 0 Å². The van der Waals surface area contributed by atoms with Crippen LogP contribution in [-0.4, -0.2) is 24.7 Å². The van der Waals surface area contributed by atoms with Crippen molar-refractivity contribution in [1.29, 1.82) is 0 Å². The summed E-state index contributed by atoms with van der Waals surface area (Å²) in [6.07, 6.45) is 0. The second kappa shape index (κ2) is 5.74. The summed E-state index contributed by atoms with van der Waals surface area (Å²) >= 11 is 0. The Morgan fingerprint density at radius 3 is 2.32 bits per heavy atom. The molecule has 0 aromatic heterocycles. The van der Waals surface area contributed by atoms with Crippen molar-refractivity contribution >= 4 is 15.8 Å². The van der Waals surface area contributed by atoms with Crippen LogP contribution in [0.1, 0.15) is 30.5 Å². The number of sulfone groups is 1. The van der Waals surface area contributed by atoms with E-state index in [2.05, 4.69) is 0 Å². The Labute approximate surface area is 114 Å². The normalized spacial score (nSPS) is 13.5. The van der Waals surface area contributed by atoms with Crippen molar-refractivity contribution in [3.8, 4) is 0 Å². The lowest BCUT2D eigenvalue weighted by Gasteiger charge is -2.17. The molecule has 0 fully saturated rings. The molecule has 4 nitrogen and oxygen atoms in total. The summed E-state index contributed by atoms with van der Waals surface area (Å²) in [7, 11) is -3.71. The van der Waals surface area contributed by atoms with Gasteiger partial charge < -0.3 is 5.11 Å². The third-order valence-corrected chi connectivity index (χ3v) is 5.33. The second-order valence-corrected chi connectivity index (χ2v) is 7.36. The Bertz CT molecular complexity index is 573. The molecule has 0 saturated carbocycles. The zero-order chi connectivity index (χ0) is 14.8. The van der Waals surface area contributed by atoms with E-state index in [4.69, 9.17) is 5.11 Å². The summed E-state index contributed by atoms with van der Waals surface area (Å²) in [6.45, 7) is 6.93. The van der Waals surface area contributed by atoms with Crippen LogP contribution in [0.25, 0.3) is 0 Å². The maximum atomic E-state index is 12.3. The minimum atomic E-state index is -3.71. The molecule has 0 radical (unpaired) electrons. The molecule has 0 aliphatic carbocycles. The topological polar surface area (TPSA) is 71.4 Å². The molecule has 1 rings (SSSR count). The van der Waals surface area contributed by atoms with Gasteiger partial charge in [-0.25, -0.2) is 8.42 Å². The quantitative estimate of drug-likeness (QED) is 0.900. The Morgan fingerprint density at radius 2 is 1.84 bits per heavy atom. The number of hydrogen-bond donors (Lipinski definition) is 1. The average Bonchev–Trinajstić information content (AvgIpc) is 2.21. The Balaban J connectivity index is 3.15. The Morgan fingerprint density at radius 1 is 1.26 bits per heavy atom. The molecule has 1 atom stereocenters. The number of carboxylic acid groups (broad SMARTS) is 1. The van der Waals surface area contributed by atoms with E-state index in [1.807, 2.05) is 26.0 Å². The highest BCUT2D eigenvalue weighted by Gasteiger charge is 2.35. The molecule has 19 heavy (non-hydrogen) atoms. The predicted octanol–water partition coefficient (Wildman–Crippen LogP) is 2.33. The van der Waals surface area contributed by atoms with Crippen LogP contribution in [0.4, 0.5) is 0 Å². The number of carboxylic acids is 1. The van der Waals surface area contributed by atoms with E-state index in [0.717, 1.165) is 11.1 Å². The zero-order valence-corrected chi connectivity index (χ0v) is 12.5. The van der Waals surface area contributed by atoms with E-state index in [9.17, 15) is 13.2 Å². The van der Waals surface area contributed by atoms with Gasteiger partial charge in [-0.05, 0) is 30.9 Å². The molecule has 0 aliphatic rings. The molecule has 1 aromatic carbocycles. The molecule has 0 saturated heterocycles. The first-order chi connectivity index (χ1) is 8.65. The maximum absolute atomic E-state index is 12.3. The lowest BCUT2D eigenvalue weighted by atomic mass is 10.1. The van der Waals surface area contributed by atoms with Gasteiger partial charge in [-0.1, -0.05) is 37.6 Å². The van der Waals surface area contributed by atoms with Crippen LogP contribution < -0.4 is 0 Å². The summed E-state index contributed by atoms with van der Waals surface area (Å²) in [6, 6.07) is 5.56. The molecular weight excluding hydrogens is 264 g/mol. The van der Waals surface area contributed by atoms with Crippen LogP contribution in [0.3, 0.4) is 0 Å². The van der Waals surface area contributed by atoms with Gasteiger partial charge in [0.2, 0.25) is 0 Å². The Hall–Kier alpha value is -1.36. The fourth-order valence-electron chi connectivity index (χ4n) is 2.12. The van der Waals surface area contributed by atoms with Crippen molar-refractivity contribution < 1.29 is 18.3 Å². The molecule has 0 heterocycles. The summed E-state index contributed by atoms with van der Waals surface area (Å²) in [5.74, 6) is -1.96. The average molecular weight is 284 g/mol. The number of rotatable bonds is 5. The number of aryl methyl sites for hydroxylation is 2. The van der Waals surface area contributed by atoms with Gasteiger partial charge in [0.05, 0.1) is 5.75 Å².